The summed E-state index contributed by atoms with van der Waals surface area (Å²) >= 11 is 0. The summed E-state index contributed by atoms with van der Waals surface area (Å²) in [5.41, 5.74) is 4.12. The summed E-state index contributed by atoms with van der Waals surface area (Å²) in [6.07, 6.45) is 53.8. The molecule has 2 atom stereocenters. The minimum absolute atomic E-state index is 0.0237. The van der Waals surface area contributed by atoms with Crippen LogP contribution in [0, 0.1) is 11.8 Å². The lowest BCUT2D eigenvalue weighted by Gasteiger charge is -2.51. The molecule has 0 radical (unpaired) electrons. The van der Waals surface area contributed by atoms with Crippen molar-refractivity contribution in [3.8, 4) is 23.0 Å². The van der Waals surface area contributed by atoms with E-state index in [2.05, 4.69) is 52.0 Å². The Hall–Kier alpha value is -3.28. The highest BCUT2D eigenvalue weighted by molar-refractivity contribution is 6.10. The van der Waals surface area contributed by atoms with E-state index in [0.29, 0.717) is 26.4 Å². The number of benzene rings is 2. The molecule has 0 aromatic heterocycles. The van der Waals surface area contributed by atoms with E-state index in [1.165, 1.54) is 205 Å². The van der Waals surface area contributed by atoms with Crippen LogP contribution in [0.15, 0.2) is 36.4 Å². The molecule has 0 heterocycles. The molecule has 2 unspecified atom stereocenters. The third-order valence-electron chi connectivity index (χ3n) is 16.9. The fourth-order valence-electron chi connectivity index (χ4n) is 12.6. The Morgan fingerprint density at radius 3 is 0.635 bits per heavy atom. The molecule has 0 saturated carbocycles. The summed E-state index contributed by atoms with van der Waals surface area (Å²) in [5.74, 6) is 1.46. The van der Waals surface area contributed by atoms with Crippen LogP contribution in [0.2, 0.25) is 0 Å². The van der Waals surface area contributed by atoms with Gasteiger partial charge in [-0.3, -0.25) is 9.59 Å². The van der Waals surface area contributed by atoms with E-state index in [1.807, 2.05) is 0 Å². The van der Waals surface area contributed by atoms with Gasteiger partial charge in [0, 0.05) is 45.9 Å². The highest BCUT2D eigenvalue weighted by atomic mass is 16.5. The molecule has 4 aliphatic carbocycles. The number of ether oxygens (including phenoxy) is 4. The summed E-state index contributed by atoms with van der Waals surface area (Å²) in [7, 11) is 0. The largest absolute Gasteiger partial charge is 0.493 e. The van der Waals surface area contributed by atoms with Gasteiger partial charge in [0.25, 0.3) is 0 Å². The number of hydrogen-bond donors (Lipinski definition) is 0. The molecule has 0 amide bonds. The van der Waals surface area contributed by atoms with Crippen molar-refractivity contribution >= 4 is 11.6 Å². The van der Waals surface area contributed by atoms with E-state index in [-0.39, 0.29) is 11.6 Å². The summed E-state index contributed by atoms with van der Waals surface area (Å²) in [4.78, 5) is 29.0. The van der Waals surface area contributed by atoms with Crippen LogP contribution in [-0.2, 0) is 9.59 Å². The Morgan fingerprint density at radius 1 is 0.270 bits per heavy atom. The maximum Gasteiger partial charge on any atom is 0.160 e. The smallest absolute Gasteiger partial charge is 0.160 e. The molecule has 6 heteroatoms. The average Bonchev–Trinajstić information content (AvgIpc) is 3.41. The lowest BCUT2D eigenvalue weighted by molar-refractivity contribution is -0.131. The molecule has 0 N–H and O–H groups in total. The van der Waals surface area contributed by atoms with Crippen molar-refractivity contribution in [1.29, 1.82) is 0 Å². The summed E-state index contributed by atoms with van der Waals surface area (Å²) in [5, 5.41) is 0. The molecule has 2 bridgehead atoms. The summed E-state index contributed by atoms with van der Waals surface area (Å²) in [6, 6.07) is 8.44. The topological polar surface area (TPSA) is 71.1 Å². The van der Waals surface area contributed by atoms with Crippen molar-refractivity contribution < 1.29 is 28.5 Å². The van der Waals surface area contributed by atoms with Crippen molar-refractivity contribution in [1.82, 2.24) is 0 Å². The highest BCUT2D eigenvalue weighted by Crippen LogP contribution is 2.66. The van der Waals surface area contributed by atoms with Crippen LogP contribution in [0.4, 0.5) is 0 Å². The van der Waals surface area contributed by atoms with Crippen molar-refractivity contribution in [2.45, 2.75) is 296 Å². The number of rotatable bonds is 48. The molecule has 418 valence electrons. The third-order valence-corrected chi connectivity index (χ3v) is 16.9. The monoisotopic (exact) mass is 1020 g/mol. The Morgan fingerprint density at radius 2 is 0.446 bits per heavy atom. The zero-order chi connectivity index (χ0) is 52.3. The van der Waals surface area contributed by atoms with Gasteiger partial charge >= 0.3 is 0 Å². The highest BCUT2D eigenvalue weighted by Gasteiger charge is 2.59. The van der Waals surface area contributed by atoms with Gasteiger partial charge < -0.3 is 18.9 Å². The van der Waals surface area contributed by atoms with Gasteiger partial charge in [0.1, 0.15) is 23.0 Å². The van der Waals surface area contributed by atoms with Crippen molar-refractivity contribution in [2.24, 2.45) is 11.8 Å². The molecule has 0 aliphatic heterocycles. The van der Waals surface area contributed by atoms with Crippen LogP contribution >= 0.6 is 0 Å². The fraction of sp³-hybridized carbons (Fsp3) is 0.765. The van der Waals surface area contributed by atoms with E-state index < -0.39 is 23.7 Å². The van der Waals surface area contributed by atoms with Crippen molar-refractivity contribution in [2.75, 3.05) is 26.4 Å². The van der Waals surface area contributed by atoms with Gasteiger partial charge in [-0.2, -0.15) is 0 Å². The van der Waals surface area contributed by atoms with E-state index in [4.69, 9.17) is 18.9 Å². The lowest BCUT2D eigenvalue weighted by Crippen LogP contribution is -2.48. The Balaban J connectivity index is 1.39. The first kappa shape index (κ1) is 61.6. The quantitative estimate of drug-likeness (QED) is 0.0615. The number of carbonyl (C=O) groups is 2. The molecular formula is C68H110O6. The summed E-state index contributed by atoms with van der Waals surface area (Å²) in [6.45, 7) is 11.6. The maximum atomic E-state index is 14.5. The van der Waals surface area contributed by atoms with E-state index in [0.717, 1.165) is 96.6 Å². The lowest BCUT2D eigenvalue weighted by atomic mass is 9.50. The third kappa shape index (κ3) is 20.6. The molecule has 6 nitrogen and oxygen atoms in total. The van der Waals surface area contributed by atoms with Gasteiger partial charge in [-0.05, 0) is 62.1 Å². The molecule has 0 spiro atoms. The zero-order valence-corrected chi connectivity index (χ0v) is 48.3. The van der Waals surface area contributed by atoms with Gasteiger partial charge in [0.2, 0.25) is 0 Å². The summed E-state index contributed by atoms with van der Waals surface area (Å²) < 4.78 is 27.6. The number of allylic oxidation sites excluding steroid dienone is 2. The van der Waals surface area contributed by atoms with Gasteiger partial charge in [-0.15, -0.1) is 0 Å². The fourth-order valence-corrected chi connectivity index (χ4v) is 12.6. The number of hydrogen-bond acceptors (Lipinski definition) is 6. The van der Waals surface area contributed by atoms with Gasteiger partial charge in [-0.25, -0.2) is 0 Å². The zero-order valence-electron chi connectivity index (χ0n) is 48.3. The molecule has 6 rings (SSSR count). The minimum Gasteiger partial charge on any atom is -0.493 e. The van der Waals surface area contributed by atoms with Crippen LogP contribution in [0.25, 0.3) is 0 Å². The first-order chi connectivity index (χ1) is 36.6. The molecule has 2 aromatic carbocycles. The molecule has 2 aromatic rings. The number of ketones is 2. The first-order valence-corrected chi connectivity index (χ1v) is 32.2. The van der Waals surface area contributed by atoms with E-state index >= 15 is 0 Å². The van der Waals surface area contributed by atoms with Crippen LogP contribution in [0.3, 0.4) is 0 Å². The predicted octanol–water partition coefficient (Wildman–Crippen LogP) is 20.4. The first-order valence-electron chi connectivity index (χ1n) is 32.2. The second kappa shape index (κ2) is 38.3. The normalized spacial score (nSPS) is 17.4. The second-order valence-electron chi connectivity index (χ2n) is 23.0. The standard InChI is InChI=1S/C68H110O6/c1-5-9-13-17-21-25-29-33-37-41-51-71-57-47-48-58(72-52-42-38-34-30-26-22-18-14-10-6-2)64-63(57)67-61-55(69)45-46-56(70)62(61)68(64)66-60(74-54-44-40-36-32-28-24-20-16-12-8-4)50-49-59(65(66)67)73-53-43-39-35-31-27-23-19-15-11-7-3/h45-50,61-62,67-68H,5-44,51-54H2,1-4H3. The predicted molar refractivity (Wildman–Crippen MR) is 312 cm³/mol. The molecule has 0 fully saturated rings. The SMILES string of the molecule is CCCCCCCCCCCCOc1ccc(OCCCCCCCCCCCC)c2c1C1c3c(OCCCCCCCCCCCC)ccc(OCCCCCCCCCCCC)c3C2C2C(=O)C=CC(=O)C12. The maximum absolute atomic E-state index is 14.5. The van der Waals surface area contributed by atoms with E-state index in [9.17, 15) is 9.59 Å². The Labute approximate surface area is 454 Å². The van der Waals surface area contributed by atoms with Gasteiger partial charge in [-0.1, -0.05) is 259 Å². The van der Waals surface area contributed by atoms with Crippen LogP contribution in [0.1, 0.15) is 319 Å². The van der Waals surface area contributed by atoms with Crippen LogP contribution in [-0.4, -0.2) is 38.0 Å². The Bertz CT molecular complexity index is 1610. The minimum atomic E-state index is -0.536. The number of unbranched alkanes of at least 4 members (excludes halogenated alkanes) is 36. The van der Waals surface area contributed by atoms with Gasteiger partial charge in [0.15, 0.2) is 11.6 Å². The Kier molecular flexibility index (Phi) is 31.9. The molecule has 4 aliphatic rings. The number of carbonyl (C=O) groups excluding carboxylic acids is 2. The molecule has 74 heavy (non-hydrogen) atoms. The molecule has 0 saturated heterocycles. The van der Waals surface area contributed by atoms with Crippen molar-refractivity contribution in [3.63, 3.8) is 0 Å². The van der Waals surface area contributed by atoms with Crippen LogP contribution < -0.4 is 18.9 Å². The van der Waals surface area contributed by atoms with Crippen LogP contribution in [0.5, 0.6) is 23.0 Å². The van der Waals surface area contributed by atoms with Gasteiger partial charge in [0.05, 0.1) is 26.4 Å². The average molecular weight is 1020 g/mol. The molecular weight excluding hydrogens is 913 g/mol. The van der Waals surface area contributed by atoms with E-state index in [1.54, 1.807) is 12.2 Å². The second-order valence-corrected chi connectivity index (χ2v) is 23.0. The van der Waals surface area contributed by atoms with Crippen molar-refractivity contribution in [3.05, 3.63) is 58.7 Å².